The average Bonchev–Trinajstić information content (AvgIpc) is 2.93. The van der Waals surface area contributed by atoms with Crippen LogP contribution in [0.25, 0.3) is 11.0 Å². The Morgan fingerprint density at radius 3 is 2.85 bits per heavy atom. The molecule has 0 spiro atoms. The van der Waals surface area contributed by atoms with Crippen LogP contribution < -0.4 is 0 Å². The van der Waals surface area contributed by atoms with E-state index in [1.807, 2.05) is 13.8 Å². The lowest BCUT2D eigenvalue weighted by Gasteiger charge is -2.33. The highest BCUT2D eigenvalue weighted by Crippen LogP contribution is 2.36. The number of carbonyl (C=O) groups is 1. The lowest BCUT2D eigenvalue weighted by molar-refractivity contribution is 0.0459. The van der Waals surface area contributed by atoms with Crippen molar-refractivity contribution in [2.45, 2.75) is 59.5 Å². The highest BCUT2D eigenvalue weighted by atomic mass is 16.5. The molecule has 1 atom stereocenters. The third-order valence-electron chi connectivity index (χ3n) is 5.17. The first kappa shape index (κ1) is 18.8. The number of esters is 1. The van der Waals surface area contributed by atoms with E-state index in [1.165, 1.54) is 6.42 Å². The largest absolute Gasteiger partial charge is 0.508 e. The monoisotopic (exact) mass is 359 g/mol. The summed E-state index contributed by atoms with van der Waals surface area (Å²) in [6.45, 7) is 9.97. The summed E-state index contributed by atoms with van der Waals surface area (Å²) in [5.41, 5.74) is 1.82. The predicted molar refractivity (Wildman–Crippen MR) is 101 cm³/mol. The number of carbonyl (C=O) groups excluding carboxylic acids is 1. The number of phenolic OH excluding ortho intramolecular Hbond substituents is 1. The van der Waals surface area contributed by atoms with Crippen molar-refractivity contribution in [2.75, 3.05) is 13.2 Å². The summed E-state index contributed by atoms with van der Waals surface area (Å²) in [6.07, 6.45) is 3.56. The molecule has 1 unspecified atom stereocenters. The van der Waals surface area contributed by atoms with Crippen LogP contribution in [-0.4, -0.2) is 35.2 Å². The van der Waals surface area contributed by atoms with Crippen molar-refractivity contribution >= 4 is 16.9 Å². The Labute approximate surface area is 154 Å². The number of likely N-dealkylation sites (tertiary alicyclic amines) is 1. The molecule has 5 nitrogen and oxygen atoms in total. The molecule has 0 saturated carbocycles. The summed E-state index contributed by atoms with van der Waals surface area (Å²) in [4.78, 5) is 15.1. The first-order valence-corrected chi connectivity index (χ1v) is 9.53. The second kappa shape index (κ2) is 7.70. The zero-order chi connectivity index (χ0) is 18.8. The van der Waals surface area contributed by atoms with E-state index in [0.717, 1.165) is 24.9 Å². The lowest BCUT2D eigenvalue weighted by atomic mass is 9.99. The van der Waals surface area contributed by atoms with Gasteiger partial charge < -0.3 is 14.3 Å². The second-order valence-corrected chi connectivity index (χ2v) is 7.78. The molecule has 1 aliphatic heterocycles. The number of nitrogens with zero attached hydrogens (tertiary/aromatic N) is 1. The van der Waals surface area contributed by atoms with Crippen molar-refractivity contribution in [3.63, 3.8) is 0 Å². The minimum atomic E-state index is -0.381. The van der Waals surface area contributed by atoms with Crippen molar-refractivity contribution in [1.82, 2.24) is 4.90 Å². The van der Waals surface area contributed by atoms with E-state index in [-0.39, 0.29) is 17.6 Å². The van der Waals surface area contributed by atoms with Crippen molar-refractivity contribution < 1.29 is 19.1 Å². The summed E-state index contributed by atoms with van der Waals surface area (Å²) in [5.74, 6) is 0.620. The molecule has 0 radical (unpaired) electrons. The number of hydrogen-bond donors (Lipinski definition) is 1. The van der Waals surface area contributed by atoms with Crippen LogP contribution in [-0.2, 0) is 11.3 Å². The average molecular weight is 359 g/mol. The molecule has 1 aromatic carbocycles. The van der Waals surface area contributed by atoms with Crippen LogP contribution in [0.1, 0.15) is 61.7 Å². The Morgan fingerprint density at radius 1 is 1.38 bits per heavy atom. The van der Waals surface area contributed by atoms with Gasteiger partial charge in [-0.25, -0.2) is 4.79 Å². The Morgan fingerprint density at radius 2 is 2.15 bits per heavy atom. The maximum atomic E-state index is 12.7. The van der Waals surface area contributed by atoms with Crippen LogP contribution >= 0.6 is 0 Å². The van der Waals surface area contributed by atoms with E-state index in [0.29, 0.717) is 41.5 Å². The first-order chi connectivity index (χ1) is 12.4. The number of phenols is 1. The van der Waals surface area contributed by atoms with Crippen molar-refractivity contribution in [1.29, 1.82) is 0 Å². The fraction of sp³-hybridized carbons (Fsp3) is 0.571. The molecule has 0 amide bonds. The third kappa shape index (κ3) is 3.73. The molecule has 0 aliphatic carbocycles. The molecule has 1 fully saturated rings. The van der Waals surface area contributed by atoms with Crippen molar-refractivity contribution in [3.05, 3.63) is 29.0 Å². The summed E-state index contributed by atoms with van der Waals surface area (Å²) < 4.78 is 11.3. The predicted octanol–water partition coefficient (Wildman–Crippen LogP) is 4.63. The summed E-state index contributed by atoms with van der Waals surface area (Å²) in [6, 6.07) is 3.83. The fourth-order valence-corrected chi connectivity index (χ4v) is 3.68. The smallest absolute Gasteiger partial charge is 0.342 e. The van der Waals surface area contributed by atoms with E-state index >= 15 is 0 Å². The maximum Gasteiger partial charge on any atom is 0.342 e. The van der Waals surface area contributed by atoms with Gasteiger partial charge in [0.1, 0.15) is 22.7 Å². The number of aryl methyl sites for hydroxylation is 1. The molecule has 2 heterocycles. The van der Waals surface area contributed by atoms with E-state index in [9.17, 15) is 9.90 Å². The standard InChI is InChI=1S/C21H29NO4/c1-13(2)12-25-21(24)19-15(4)26-18-9-8-17(23)16(20(18)19)11-22-10-6-5-7-14(22)3/h8-9,13-14,23H,5-7,10-12H2,1-4H3. The van der Waals surface area contributed by atoms with Gasteiger partial charge in [0.2, 0.25) is 0 Å². The number of rotatable bonds is 5. The second-order valence-electron chi connectivity index (χ2n) is 7.78. The quantitative estimate of drug-likeness (QED) is 0.788. The topological polar surface area (TPSA) is 62.9 Å². The summed E-state index contributed by atoms with van der Waals surface area (Å²) in [7, 11) is 0. The van der Waals surface area contributed by atoms with Gasteiger partial charge in [-0.1, -0.05) is 20.3 Å². The molecule has 0 bridgehead atoms. The van der Waals surface area contributed by atoms with Gasteiger partial charge in [-0.05, 0) is 51.3 Å². The molecule has 1 N–H and O–H groups in total. The van der Waals surface area contributed by atoms with Crippen LogP contribution in [0.15, 0.2) is 16.5 Å². The van der Waals surface area contributed by atoms with Gasteiger partial charge in [-0.2, -0.15) is 0 Å². The number of furan rings is 1. The zero-order valence-corrected chi connectivity index (χ0v) is 16.2. The molecular weight excluding hydrogens is 330 g/mol. The van der Waals surface area contributed by atoms with Crippen LogP contribution in [0.5, 0.6) is 5.75 Å². The van der Waals surface area contributed by atoms with Crippen LogP contribution in [0.2, 0.25) is 0 Å². The molecule has 142 valence electrons. The van der Waals surface area contributed by atoms with Crippen LogP contribution in [0.4, 0.5) is 0 Å². The molecule has 26 heavy (non-hydrogen) atoms. The molecule has 1 aliphatic rings. The summed E-state index contributed by atoms with van der Waals surface area (Å²) >= 11 is 0. The molecule has 1 saturated heterocycles. The number of ether oxygens (including phenoxy) is 1. The highest BCUT2D eigenvalue weighted by Gasteiger charge is 2.26. The number of aromatic hydroxyl groups is 1. The number of benzene rings is 1. The Kier molecular flexibility index (Phi) is 5.56. The molecule has 1 aromatic heterocycles. The van der Waals surface area contributed by atoms with Gasteiger partial charge in [0.05, 0.1) is 6.61 Å². The maximum absolute atomic E-state index is 12.7. The Bertz CT molecular complexity index is 793. The van der Waals surface area contributed by atoms with E-state index in [4.69, 9.17) is 9.15 Å². The summed E-state index contributed by atoms with van der Waals surface area (Å²) in [5, 5.41) is 11.2. The van der Waals surface area contributed by atoms with Gasteiger partial charge in [0, 0.05) is 23.5 Å². The van der Waals surface area contributed by atoms with Gasteiger partial charge in [0.25, 0.3) is 0 Å². The van der Waals surface area contributed by atoms with Gasteiger partial charge in [-0.15, -0.1) is 0 Å². The van der Waals surface area contributed by atoms with Crippen molar-refractivity contribution in [3.8, 4) is 5.75 Å². The zero-order valence-electron chi connectivity index (χ0n) is 16.2. The minimum absolute atomic E-state index is 0.203. The molecule has 5 heteroatoms. The number of hydrogen-bond acceptors (Lipinski definition) is 5. The number of piperidine rings is 1. The number of fused-ring (bicyclic) bond motifs is 1. The molecular formula is C21H29NO4. The van der Waals surface area contributed by atoms with E-state index < -0.39 is 0 Å². The third-order valence-corrected chi connectivity index (χ3v) is 5.17. The van der Waals surface area contributed by atoms with Crippen LogP contribution in [0.3, 0.4) is 0 Å². The first-order valence-electron chi connectivity index (χ1n) is 9.53. The lowest BCUT2D eigenvalue weighted by Crippen LogP contribution is -2.36. The highest BCUT2D eigenvalue weighted by molar-refractivity contribution is 6.06. The van der Waals surface area contributed by atoms with Gasteiger partial charge >= 0.3 is 5.97 Å². The van der Waals surface area contributed by atoms with Crippen molar-refractivity contribution in [2.24, 2.45) is 5.92 Å². The Hall–Kier alpha value is -2.01. The normalized spacial score (nSPS) is 18.6. The van der Waals surface area contributed by atoms with Crippen LogP contribution in [0, 0.1) is 12.8 Å². The molecule has 3 rings (SSSR count). The minimum Gasteiger partial charge on any atom is -0.508 e. The van der Waals surface area contributed by atoms with Gasteiger partial charge in [-0.3, -0.25) is 4.90 Å². The van der Waals surface area contributed by atoms with Gasteiger partial charge in [0.15, 0.2) is 0 Å². The fourth-order valence-electron chi connectivity index (χ4n) is 3.68. The Balaban J connectivity index is 2.01. The van der Waals surface area contributed by atoms with E-state index in [2.05, 4.69) is 11.8 Å². The SMILES string of the molecule is Cc1oc2ccc(O)c(CN3CCCCC3C)c2c1C(=O)OCC(C)C. The van der Waals surface area contributed by atoms with E-state index in [1.54, 1.807) is 19.1 Å². The molecule has 2 aromatic rings.